The molecule has 0 amide bonds. The first kappa shape index (κ1) is 15.0. The van der Waals surface area contributed by atoms with Crippen LogP contribution < -0.4 is 5.73 Å². The van der Waals surface area contributed by atoms with Gasteiger partial charge in [0.1, 0.15) is 6.10 Å². The number of hydrogen-bond donors (Lipinski definition) is 2. The summed E-state index contributed by atoms with van der Waals surface area (Å²) in [5.74, 6) is 0. The molecule has 0 aliphatic rings. The molecular weight excluding hydrogens is 230 g/mol. The van der Waals surface area contributed by atoms with Gasteiger partial charge in [0, 0.05) is 25.0 Å². The highest BCUT2D eigenvalue weighted by Gasteiger charge is 2.16. The Bertz CT molecular complexity index is 366. The normalized spacial score (nSPS) is 13.6. The Hall–Kier alpha value is -1.10. The monoisotopic (exact) mass is 253 g/mol. The Labute approximate surface area is 109 Å². The van der Waals surface area contributed by atoms with Crippen molar-refractivity contribution in [3.63, 3.8) is 0 Å². The van der Waals surface area contributed by atoms with Crippen molar-refractivity contribution in [3.05, 3.63) is 29.8 Å². The molecule has 0 aromatic heterocycles. The Morgan fingerprint density at radius 1 is 1.33 bits per heavy atom. The van der Waals surface area contributed by atoms with Crippen LogP contribution in [0.3, 0.4) is 0 Å². The van der Waals surface area contributed by atoms with Gasteiger partial charge in [0.2, 0.25) is 0 Å². The smallest absolute Gasteiger partial charge is 0.104 e. The molecule has 0 bridgehead atoms. The summed E-state index contributed by atoms with van der Waals surface area (Å²) in [5.41, 5.74) is 6.88. The number of methoxy groups -OCH3 is 1. The molecule has 0 radical (unpaired) electrons. The van der Waals surface area contributed by atoms with Crippen LogP contribution in [0.25, 0.3) is 0 Å². The minimum Gasteiger partial charge on any atom is -0.398 e. The van der Waals surface area contributed by atoms with Gasteiger partial charge in [0.25, 0.3) is 0 Å². The molecule has 3 N–H and O–H groups in total. The largest absolute Gasteiger partial charge is 0.398 e. The fourth-order valence-electron chi connectivity index (χ4n) is 1.52. The number of para-hydroxylation sites is 1. The fraction of sp³-hybridized carbons (Fsp3) is 0.571. The lowest BCUT2D eigenvalue weighted by molar-refractivity contribution is -0.0248. The Morgan fingerprint density at radius 3 is 2.61 bits per heavy atom. The Kier molecular flexibility index (Phi) is 5.59. The van der Waals surface area contributed by atoms with E-state index < -0.39 is 6.10 Å². The molecule has 0 heterocycles. The van der Waals surface area contributed by atoms with Crippen LogP contribution in [-0.4, -0.2) is 31.0 Å². The molecule has 4 nitrogen and oxygen atoms in total. The minimum atomic E-state index is -0.683. The van der Waals surface area contributed by atoms with Gasteiger partial charge in [0.05, 0.1) is 12.2 Å². The highest BCUT2D eigenvalue weighted by Crippen LogP contribution is 2.20. The van der Waals surface area contributed by atoms with E-state index in [0.717, 1.165) is 6.42 Å². The molecule has 102 valence electrons. The van der Waals surface area contributed by atoms with E-state index in [-0.39, 0.29) is 12.2 Å². The lowest BCUT2D eigenvalue weighted by Crippen LogP contribution is -2.25. The van der Waals surface area contributed by atoms with Crippen molar-refractivity contribution in [1.29, 1.82) is 0 Å². The molecule has 18 heavy (non-hydrogen) atoms. The van der Waals surface area contributed by atoms with Crippen LogP contribution in [0.2, 0.25) is 0 Å². The van der Waals surface area contributed by atoms with Crippen LogP contribution in [-0.2, 0) is 9.47 Å². The van der Waals surface area contributed by atoms with Crippen molar-refractivity contribution in [2.75, 3.05) is 26.1 Å². The highest BCUT2D eigenvalue weighted by atomic mass is 16.5. The van der Waals surface area contributed by atoms with E-state index in [9.17, 15) is 5.11 Å². The van der Waals surface area contributed by atoms with Gasteiger partial charge in [-0.1, -0.05) is 18.2 Å². The van der Waals surface area contributed by atoms with Crippen molar-refractivity contribution < 1.29 is 14.6 Å². The second kappa shape index (κ2) is 6.73. The maximum atomic E-state index is 9.95. The van der Waals surface area contributed by atoms with E-state index >= 15 is 0 Å². The number of aliphatic hydroxyl groups excluding tert-OH is 1. The first-order chi connectivity index (χ1) is 8.46. The van der Waals surface area contributed by atoms with Crippen LogP contribution in [0.1, 0.15) is 31.9 Å². The molecule has 1 atom stereocenters. The number of hydrogen-bond acceptors (Lipinski definition) is 4. The summed E-state index contributed by atoms with van der Waals surface area (Å²) in [5, 5.41) is 9.95. The Morgan fingerprint density at radius 2 is 2.00 bits per heavy atom. The molecule has 1 unspecified atom stereocenters. The summed E-state index contributed by atoms with van der Waals surface area (Å²) in [4.78, 5) is 0. The molecule has 0 spiro atoms. The van der Waals surface area contributed by atoms with Gasteiger partial charge < -0.3 is 20.3 Å². The van der Waals surface area contributed by atoms with E-state index in [4.69, 9.17) is 15.2 Å². The fourth-order valence-corrected chi connectivity index (χ4v) is 1.52. The number of ether oxygens (including phenoxy) is 2. The summed E-state index contributed by atoms with van der Waals surface area (Å²) < 4.78 is 10.7. The lowest BCUT2D eigenvalue weighted by Gasteiger charge is -2.23. The van der Waals surface area contributed by atoms with Gasteiger partial charge >= 0.3 is 0 Å². The first-order valence-corrected chi connectivity index (χ1v) is 6.11. The summed E-state index contributed by atoms with van der Waals surface area (Å²) >= 11 is 0. The van der Waals surface area contributed by atoms with Gasteiger partial charge in [-0.25, -0.2) is 0 Å². The second-order valence-electron chi connectivity index (χ2n) is 4.93. The summed E-state index contributed by atoms with van der Waals surface area (Å²) in [7, 11) is 1.68. The van der Waals surface area contributed by atoms with E-state index in [1.54, 1.807) is 13.2 Å². The third-order valence-electron chi connectivity index (χ3n) is 3.03. The van der Waals surface area contributed by atoms with Crippen LogP contribution in [0.15, 0.2) is 24.3 Å². The zero-order valence-electron chi connectivity index (χ0n) is 11.3. The molecule has 0 aliphatic heterocycles. The Balaban J connectivity index is 2.34. The van der Waals surface area contributed by atoms with Crippen LogP contribution in [0.5, 0.6) is 0 Å². The van der Waals surface area contributed by atoms with Crippen LogP contribution >= 0.6 is 0 Å². The van der Waals surface area contributed by atoms with E-state index in [2.05, 4.69) is 0 Å². The number of aliphatic hydroxyl groups is 1. The molecule has 0 saturated carbocycles. The molecule has 1 aromatic carbocycles. The molecule has 4 heteroatoms. The van der Waals surface area contributed by atoms with Gasteiger partial charge in [0.15, 0.2) is 0 Å². The zero-order chi connectivity index (χ0) is 13.6. The van der Waals surface area contributed by atoms with Gasteiger partial charge in [-0.15, -0.1) is 0 Å². The van der Waals surface area contributed by atoms with Gasteiger partial charge in [-0.05, 0) is 26.3 Å². The zero-order valence-corrected chi connectivity index (χ0v) is 11.3. The summed E-state index contributed by atoms with van der Waals surface area (Å²) in [6, 6.07) is 7.27. The molecule has 0 aliphatic carbocycles. The van der Waals surface area contributed by atoms with Crippen LogP contribution in [0.4, 0.5) is 5.69 Å². The predicted molar refractivity (Wildman–Crippen MR) is 72.3 cm³/mol. The number of anilines is 1. The number of benzene rings is 1. The average Bonchev–Trinajstić information content (AvgIpc) is 2.35. The van der Waals surface area contributed by atoms with Crippen molar-refractivity contribution in [3.8, 4) is 0 Å². The topological polar surface area (TPSA) is 64.7 Å². The number of rotatable bonds is 7. The predicted octanol–water partition coefficient (Wildman–Crippen LogP) is 2.13. The second-order valence-corrected chi connectivity index (χ2v) is 4.93. The highest BCUT2D eigenvalue weighted by molar-refractivity contribution is 5.47. The van der Waals surface area contributed by atoms with Crippen molar-refractivity contribution in [2.24, 2.45) is 0 Å². The summed E-state index contributed by atoms with van der Waals surface area (Å²) in [6.07, 6.45) is 0.0948. The quantitative estimate of drug-likeness (QED) is 0.577. The first-order valence-electron chi connectivity index (χ1n) is 6.11. The molecule has 1 rings (SSSR count). The van der Waals surface area contributed by atoms with E-state index in [1.807, 2.05) is 32.0 Å². The van der Waals surface area contributed by atoms with Gasteiger partial charge in [-0.3, -0.25) is 0 Å². The van der Waals surface area contributed by atoms with Crippen molar-refractivity contribution in [2.45, 2.75) is 32.0 Å². The van der Waals surface area contributed by atoms with Gasteiger partial charge in [-0.2, -0.15) is 0 Å². The number of nitrogen functional groups attached to an aromatic ring is 1. The minimum absolute atomic E-state index is 0.198. The molecular formula is C14H23NO3. The maximum Gasteiger partial charge on any atom is 0.104 e. The lowest BCUT2D eigenvalue weighted by atomic mass is 10.1. The third kappa shape index (κ3) is 4.64. The van der Waals surface area contributed by atoms with E-state index in [0.29, 0.717) is 17.9 Å². The molecule has 0 fully saturated rings. The number of nitrogens with two attached hydrogens (primary N) is 1. The SMILES string of the molecule is COC(C)(C)CCOCC(O)c1ccccc1N. The average molecular weight is 253 g/mol. The van der Waals surface area contributed by atoms with Crippen molar-refractivity contribution >= 4 is 5.69 Å². The third-order valence-corrected chi connectivity index (χ3v) is 3.03. The molecule has 1 aromatic rings. The van der Waals surface area contributed by atoms with Crippen LogP contribution in [0, 0.1) is 0 Å². The molecule has 0 saturated heterocycles. The standard InChI is InChI=1S/C14H23NO3/c1-14(2,17-3)8-9-18-10-13(16)11-6-4-5-7-12(11)15/h4-7,13,16H,8-10,15H2,1-3H3. The van der Waals surface area contributed by atoms with Crippen molar-refractivity contribution in [1.82, 2.24) is 0 Å². The van der Waals surface area contributed by atoms with E-state index in [1.165, 1.54) is 0 Å². The maximum absolute atomic E-state index is 9.95. The summed E-state index contributed by atoms with van der Waals surface area (Å²) in [6.45, 7) is 4.79.